The van der Waals surface area contributed by atoms with Crippen molar-refractivity contribution in [3.05, 3.63) is 70.7 Å². The highest BCUT2D eigenvalue weighted by Crippen LogP contribution is 2.19. The molecule has 0 saturated heterocycles. The SMILES string of the molecule is Brc1ccc2c(/C=C/c3ccccc3)nccn12. The third-order valence-corrected chi connectivity index (χ3v) is 3.44. The van der Waals surface area contributed by atoms with E-state index in [0.717, 1.165) is 15.8 Å². The molecule has 0 unspecified atom stereocenters. The molecule has 3 aromatic rings. The first-order valence-electron chi connectivity index (χ1n) is 5.69. The van der Waals surface area contributed by atoms with Crippen molar-refractivity contribution < 1.29 is 0 Å². The zero-order chi connectivity index (χ0) is 12.4. The van der Waals surface area contributed by atoms with Gasteiger partial charge in [0.15, 0.2) is 0 Å². The first kappa shape index (κ1) is 11.2. The summed E-state index contributed by atoms with van der Waals surface area (Å²) < 4.78 is 3.10. The average molecular weight is 299 g/mol. The van der Waals surface area contributed by atoms with E-state index in [4.69, 9.17) is 0 Å². The van der Waals surface area contributed by atoms with Gasteiger partial charge in [0.1, 0.15) is 0 Å². The lowest BCUT2D eigenvalue weighted by Gasteiger charge is -1.99. The van der Waals surface area contributed by atoms with Gasteiger partial charge in [-0.2, -0.15) is 0 Å². The summed E-state index contributed by atoms with van der Waals surface area (Å²) in [5, 5.41) is 0. The Bertz CT molecular complexity index is 699. The van der Waals surface area contributed by atoms with Crippen LogP contribution in [0.5, 0.6) is 0 Å². The van der Waals surface area contributed by atoms with E-state index >= 15 is 0 Å². The number of halogens is 1. The van der Waals surface area contributed by atoms with Crippen molar-refractivity contribution in [1.29, 1.82) is 0 Å². The highest BCUT2D eigenvalue weighted by atomic mass is 79.9. The topological polar surface area (TPSA) is 17.3 Å². The van der Waals surface area contributed by atoms with Crippen LogP contribution >= 0.6 is 15.9 Å². The van der Waals surface area contributed by atoms with Gasteiger partial charge in [-0.3, -0.25) is 4.98 Å². The smallest absolute Gasteiger partial charge is 0.0893 e. The molecule has 0 bridgehead atoms. The number of hydrogen-bond donors (Lipinski definition) is 0. The second-order valence-corrected chi connectivity index (χ2v) is 4.78. The highest BCUT2D eigenvalue weighted by molar-refractivity contribution is 9.10. The lowest BCUT2D eigenvalue weighted by Crippen LogP contribution is -1.89. The van der Waals surface area contributed by atoms with Crippen molar-refractivity contribution in [2.24, 2.45) is 0 Å². The fourth-order valence-electron chi connectivity index (χ4n) is 1.90. The molecule has 0 fully saturated rings. The predicted molar refractivity (Wildman–Crippen MR) is 78.3 cm³/mol. The molecule has 2 aromatic heterocycles. The molecule has 0 N–H and O–H groups in total. The second kappa shape index (κ2) is 4.78. The minimum Gasteiger partial charge on any atom is -0.307 e. The molecular weight excluding hydrogens is 288 g/mol. The Labute approximate surface area is 114 Å². The van der Waals surface area contributed by atoms with Gasteiger partial charge < -0.3 is 4.40 Å². The van der Waals surface area contributed by atoms with Crippen LogP contribution in [0.3, 0.4) is 0 Å². The lowest BCUT2D eigenvalue weighted by atomic mass is 10.2. The minimum atomic E-state index is 0.965. The molecule has 0 spiro atoms. The van der Waals surface area contributed by atoms with Crippen LogP contribution in [0.25, 0.3) is 17.7 Å². The van der Waals surface area contributed by atoms with Crippen molar-refractivity contribution >= 4 is 33.6 Å². The summed E-state index contributed by atoms with van der Waals surface area (Å²) in [6.07, 6.45) is 7.86. The maximum absolute atomic E-state index is 4.41. The highest BCUT2D eigenvalue weighted by Gasteiger charge is 2.02. The van der Waals surface area contributed by atoms with Gasteiger partial charge in [-0.25, -0.2) is 0 Å². The molecule has 2 heterocycles. The van der Waals surface area contributed by atoms with Crippen LogP contribution in [-0.2, 0) is 0 Å². The van der Waals surface area contributed by atoms with Crippen LogP contribution < -0.4 is 0 Å². The molecule has 0 aliphatic carbocycles. The van der Waals surface area contributed by atoms with Gasteiger partial charge in [0.25, 0.3) is 0 Å². The summed E-state index contributed by atoms with van der Waals surface area (Å²) >= 11 is 3.51. The number of rotatable bonds is 2. The quantitative estimate of drug-likeness (QED) is 0.691. The van der Waals surface area contributed by atoms with Gasteiger partial charge in [-0.15, -0.1) is 0 Å². The van der Waals surface area contributed by atoms with Gasteiger partial charge in [0.05, 0.1) is 15.8 Å². The summed E-state index contributed by atoms with van der Waals surface area (Å²) in [5.74, 6) is 0. The zero-order valence-corrected chi connectivity index (χ0v) is 11.2. The Hall–Kier alpha value is -1.87. The van der Waals surface area contributed by atoms with E-state index in [2.05, 4.69) is 49.6 Å². The Morgan fingerprint density at radius 3 is 2.67 bits per heavy atom. The van der Waals surface area contributed by atoms with Gasteiger partial charge in [-0.05, 0) is 39.7 Å². The summed E-state index contributed by atoms with van der Waals surface area (Å²) in [5.41, 5.74) is 3.23. The molecule has 88 valence electrons. The molecule has 0 aliphatic heterocycles. The van der Waals surface area contributed by atoms with Crippen LogP contribution in [0.2, 0.25) is 0 Å². The van der Waals surface area contributed by atoms with Crippen LogP contribution in [0, 0.1) is 0 Å². The summed E-state index contributed by atoms with van der Waals surface area (Å²) in [6.45, 7) is 0. The van der Waals surface area contributed by atoms with Crippen LogP contribution in [0.1, 0.15) is 11.3 Å². The van der Waals surface area contributed by atoms with Crippen molar-refractivity contribution in [2.45, 2.75) is 0 Å². The third-order valence-electron chi connectivity index (χ3n) is 2.79. The molecule has 2 nitrogen and oxygen atoms in total. The standard InChI is InChI=1S/C15H11BrN2/c16-15-9-8-14-13(17-10-11-18(14)15)7-6-12-4-2-1-3-5-12/h1-11H/b7-6+. The molecule has 0 radical (unpaired) electrons. The van der Waals surface area contributed by atoms with Gasteiger partial charge >= 0.3 is 0 Å². The number of hydrogen-bond acceptors (Lipinski definition) is 1. The Kier molecular flexibility index (Phi) is 2.99. The van der Waals surface area contributed by atoms with Crippen molar-refractivity contribution in [3.63, 3.8) is 0 Å². The Morgan fingerprint density at radius 1 is 1.00 bits per heavy atom. The fraction of sp³-hybridized carbons (Fsp3) is 0. The summed E-state index contributed by atoms with van der Waals surface area (Å²) in [7, 11) is 0. The number of aromatic nitrogens is 2. The van der Waals surface area contributed by atoms with Crippen molar-refractivity contribution in [2.75, 3.05) is 0 Å². The van der Waals surface area contributed by atoms with Gasteiger partial charge in [0, 0.05) is 12.4 Å². The molecule has 18 heavy (non-hydrogen) atoms. The molecule has 3 heteroatoms. The van der Waals surface area contributed by atoms with Gasteiger partial charge in [0.2, 0.25) is 0 Å². The molecule has 3 rings (SSSR count). The van der Waals surface area contributed by atoms with Crippen molar-refractivity contribution in [3.8, 4) is 0 Å². The van der Waals surface area contributed by atoms with E-state index in [1.54, 1.807) is 0 Å². The molecule has 0 atom stereocenters. The molecular formula is C15H11BrN2. The predicted octanol–water partition coefficient (Wildman–Crippen LogP) is 4.27. The maximum atomic E-state index is 4.41. The van der Waals surface area contributed by atoms with E-state index in [0.29, 0.717) is 0 Å². The monoisotopic (exact) mass is 298 g/mol. The average Bonchev–Trinajstić information content (AvgIpc) is 2.80. The molecule has 0 amide bonds. The van der Waals surface area contributed by atoms with E-state index in [1.165, 1.54) is 5.56 Å². The normalized spacial score (nSPS) is 11.4. The number of fused-ring (bicyclic) bond motifs is 1. The van der Waals surface area contributed by atoms with E-state index in [-0.39, 0.29) is 0 Å². The second-order valence-electron chi connectivity index (χ2n) is 3.97. The van der Waals surface area contributed by atoms with Crippen LogP contribution in [0.4, 0.5) is 0 Å². The van der Waals surface area contributed by atoms with E-state index in [9.17, 15) is 0 Å². The summed E-state index contributed by atoms with van der Waals surface area (Å²) in [6, 6.07) is 14.3. The first-order chi connectivity index (χ1) is 8.84. The number of nitrogens with zero attached hydrogens (tertiary/aromatic N) is 2. The molecule has 1 aromatic carbocycles. The molecule has 0 aliphatic rings. The Morgan fingerprint density at radius 2 is 1.83 bits per heavy atom. The maximum Gasteiger partial charge on any atom is 0.0893 e. The van der Waals surface area contributed by atoms with Gasteiger partial charge in [-0.1, -0.05) is 36.4 Å². The minimum absolute atomic E-state index is 0.965. The molecule has 0 saturated carbocycles. The largest absolute Gasteiger partial charge is 0.307 e. The van der Waals surface area contributed by atoms with E-state index < -0.39 is 0 Å². The zero-order valence-electron chi connectivity index (χ0n) is 9.62. The van der Waals surface area contributed by atoms with Crippen LogP contribution in [-0.4, -0.2) is 9.38 Å². The third kappa shape index (κ3) is 2.09. The van der Waals surface area contributed by atoms with Crippen LogP contribution in [0.15, 0.2) is 59.5 Å². The Balaban J connectivity index is 2.03. The van der Waals surface area contributed by atoms with Crippen molar-refractivity contribution in [1.82, 2.24) is 9.38 Å². The first-order valence-corrected chi connectivity index (χ1v) is 6.48. The lowest BCUT2D eigenvalue weighted by molar-refractivity contribution is 1.10. The number of benzene rings is 1. The van der Waals surface area contributed by atoms with E-state index in [1.807, 2.05) is 42.7 Å². The fourth-order valence-corrected chi connectivity index (χ4v) is 2.34. The summed E-state index contributed by atoms with van der Waals surface area (Å²) in [4.78, 5) is 4.41.